The lowest BCUT2D eigenvalue weighted by Crippen LogP contribution is -2.16. The van der Waals surface area contributed by atoms with Crippen LogP contribution in [0.15, 0.2) is 23.4 Å². The molecule has 24 heavy (non-hydrogen) atoms. The number of benzene rings is 1. The van der Waals surface area contributed by atoms with Gasteiger partial charge in [0.15, 0.2) is 0 Å². The molecule has 0 N–H and O–H groups in total. The van der Waals surface area contributed by atoms with Crippen molar-refractivity contribution in [3.8, 4) is 5.19 Å². The maximum Gasteiger partial charge on any atom is 0.419 e. The third-order valence-corrected chi connectivity index (χ3v) is 4.28. The highest BCUT2D eigenvalue weighted by molar-refractivity contribution is 8.13. The van der Waals surface area contributed by atoms with Crippen molar-refractivity contribution in [2.75, 3.05) is 14.1 Å². The molecule has 0 radical (unpaired) electrons. The van der Waals surface area contributed by atoms with Crippen molar-refractivity contribution in [3.05, 3.63) is 35.1 Å². The van der Waals surface area contributed by atoms with Gasteiger partial charge in [-0.2, -0.15) is 22.5 Å². The van der Waals surface area contributed by atoms with Gasteiger partial charge in [-0.05, 0) is 17.7 Å². The summed E-state index contributed by atoms with van der Waals surface area (Å²) in [5.41, 5.74) is -1.22. The number of thioether (sulfide) groups is 1. The third-order valence-electron chi connectivity index (χ3n) is 2.63. The number of nitrogens with zero attached hydrogens (tertiary/aromatic N) is 3. The van der Waals surface area contributed by atoms with Crippen LogP contribution in [0.25, 0.3) is 0 Å². The van der Waals surface area contributed by atoms with Crippen molar-refractivity contribution in [1.29, 1.82) is 0 Å². The van der Waals surface area contributed by atoms with Crippen LogP contribution >= 0.6 is 23.3 Å². The highest BCUT2D eigenvalue weighted by Crippen LogP contribution is 2.32. The number of rotatable bonds is 4. The van der Waals surface area contributed by atoms with Gasteiger partial charge in [-0.3, -0.25) is 4.79 Å². The molecule has 130 valence electrons. The molecule has 2 rings (SSSR count). The predicted octanol–water partition coefficient (Wildman–Crippen LogP) is 4.05. The number of carbonyl (C=O) groups excluding carboxylic acids is 1. The minimum absolute atomic E-state index is 0.0990. The Bertz CT molecular complexity index is 734. The van der Waals surface area contributed by atoms with Crippen LogP contribution in [0, 0.1) is 5.82 Å². The van der Waals surface area contributed by atoms with Gasteiger partial charge in [-0.25, -0.2) is 4.39 Å². The zero-order chi connectivity index (χ0) is 17.9. The maximum absolute atomic E-state index is 13.2. The molecule has 0 spiro atoms. The molecule has 0 atom stereocenters. The third kappa shape index (κ3) is 4.81. The Kier molecular flexibility index (Phi) is 5.65. The summed E-state index contributed by atoms with van der Waals surface area (Å²) in [6.45, 7) is -0.232. The van der Waals surface area contributed by atoms with E-state index in [0.29, 0.717) is 6.07 Å². The average Bonchev–Trinajstić information content (AvgIpc) is 2.92. The molecule has 0 saturated carbocycles. The number of carbonyl (C=O) groups is 1. The lowest BCUT2D eigenvalue weighted by Gasteiger charge is -2.10. The van der Waals surface area contributed by atoms with Crippen LogP contribution in [-0.2, 0) is 12.8 Å². The minimum Gasteiger partial charge on any atom is -0.464 e. The molecule has 0 aliphatic carbocycles. The molecule has 2 aromatic rings. The SMILES string of the molecule is CN(C)C(=O)Sc1nsc(OCc2ccc(F)c(C(F)(F)F)c2)n1. The van der Waals surface area contributed by atoms with Gasteiger partial charge in [0.25, 0.3) is 10.4 Å². The lowest BCUT2D eigenvalue weighted by atomic mass is 10.1. The fourth-order valence-electron chi connectivity index (χ4n) is 1.49. The summed E-state index contributed by atoms with van der Waals surface area (Å²) in [5, 5.41) is 0.0124. The van der Waals surface area contributed by atoms with E-state index in [1.54, 1.807) is 14.1 Å². The highest BCUT2D eigenvalue weighted by atomic mass is 32.2. The zero-order valence-electron chi connectivity index (χ0n) is 12.4. The number of amides is 1. The molecule has 5 nitrogen and oxygen atoms in total. The van der Waals surface area contributed by atoms with E-state index in [1.807, 2.05) is 0 Å². The summed E-state index contributed by atoms with van der Waals surface area (Å²) in [7, 11) is 3.15. The van der Waals surface area contributed by atoms with Gasteiger partial charge < -0.3 is 9.64 Å². The number of ether oxygens (including phenoxy) is 1. The van der Waals surface area contributed by atoms with E-state index in [1.165, 1.54) is 11.0 Å². The van der Waals surface area contributed by atoms with E-state index in [9.17, 15) is 22.4 Å². The van der Waals surface area contributed by atoms with Gasteiger partial charge in [0.2, 0.25) is 5.16 Å². The van der Waals surface area contributed by atoms with Crippen molar-refractivity contribution in [1.82, 2.24) is 14.3 Å². The van der Waals surface area contributed by atoms with Crippen LogP contribution in [0.4, 0.5) is 22.4 Å². The number of alkyl halides is 3. The Morgan fingerprint density at radius 1 is 1.38 bits per heavy atom. The molecule has 0 fully saturated rings. The van der Waals surface area contributed by atoms with Gasteiger partial charge >= 0.3 is 6.18 Å². The lowest BCUT2D eigenvalue weighted by molar-refractivity contribution is -0.140. The summed E-state index contributed by atoms with van der Waals surface area (Å²) < 4.78 is 60.3. The normalized spacial score (nSPS) is 11.4. The molecular formula is C13H11F4N3O2S2. The van der Waals surface area contributed by atoms with E-state index in [-0.39, 0.29) is 27.8 Å². The van der Waals surface area contributed by atoms with Crippen LogP contribution in [0.5, 0.6) is 5.19 Å². The van der Waals surface area contributed by atoms with Crippen LogP contribution in [-0.4, -0.2) is 33.6 Å². The molecule has 0 aliphatic heterocycles. The first-order valence-electron chi connectivity index (χ1n) is 6.38. The molecule has 0 aliphatic rings. The first-order valence-corrected chi connectivity index (χ1v) is 7.97. The molecule has 0 unspecified atom stereocenters. The van der Waals surface area contributed by atoms with Gasteiger partial charge in [0, 0.05) is 37.4 Å². The quantitative estimate of drug-likeness (QED) is 0.591. The van der Waals surface area contributed by atoms with Gasteiger partial charge in [0.1, 0.15) is 12.4 Å². The minimum atomic E-state index is -4.78. The van der Waals surface area contributed by atoms with Crippen LogP contribution in [0.3, 0.4) is 0 Å². The molecule has 11 heteroatoms. The van der Waals surface area contributed by atoms with Crippen molar-refractivity contribution in [3.63, 3.8) is 0 Å². The second kappa shape index (κ2) is 7.34. The van der Waals surface area contributed by atoms with Crippen LogP contribution in [0.2, 0.25) is 0 Å². The van der Waals surface area contributed by atoms with Gasteiger partial charge in [-0.1, -0.05) is 6.07 Å². The predicted molar refractivity (Wildman–Crippen MR) is 80.6 cm³/mol. The number of hydrogen-bond acceptors (Lipinski definition) is 6. The first kappa shape index (κ1) is 18.5. The molecule has 1 amide bonds. The largest absolute Gasteiger partial charge is 0.464 e. The molecule has 1 heterocycles. The van der Waals surface area contributed by atoms with E-state index in [2.05, 4.69) is 9.36 Å². The Hall–Kier alpha value is -1.88. The standard InChI is InChI=1S/C13H11F4N3O2S2/c1-20(2)12(21)23-10-18-11(24-19-10)22-6-7-3-4-9(14)8(5-7)13(15,16)17/h3-5H,6H2,1-2H3. The summed E-state index contributed by atoms with van der Waals surface area (Å²) in [4.78, 5) is 16.8. The van der Waals surface area contributed by atoms with Crippen LogP contribution in [0.1, 0.15) is 11.1 Å². The van der Waals surface area contributed by atoms with E-state index in [0.717, 1.165) is 29.4 Å². The zero-order valence-corrected chi connectivity index (χ0v) is 14.1. The Labute approximate surface area is 142 Å². The molecular weight excluding hydrogens is 370 g/mol. The Morgan fingerprint density at radius 2 is 2.08 bits per heavy atom. The van der Waals surface area contributed by atoms with Crippen LogP contribution < -0.4 is 4.74 Å². The smallest absolute Gasteiger partial charge is 0.419 e. The number of hydrogen-bond donors (Lipinski definition) is 0. The topological polar surface area (TPSA) is 55.3 Å². The van der Waals surface area contributed by atoms with Crippen molar-refractivity contribution in [2.24, 2.45) is 0 Å². The first-order chi connectivity index (χ1) is 11.2. The average molecular weight is 381 g/mol. The Morgan fingerprint density at radius 3 is 2.71 bits per heavy atom. The highest BCUT2D eigenvalue weighted by Gasteiger charge is 2.34. The number of halogens is 4. The molecule has 1 aromatic heterocycles. The Balaban J connectivity index is 2.02. The van der Waals surface area contributed by atoms with Gasteiger partial charge in [-0.15, -0.1) is 0 Å². The maximum atomic E-state index is 13.2. The summed E-state index contributed by atoms with van der Waals surface area (Å²) >= 11 is 1.66. The fourth-order valence-corrected chi connectivity index (χ4v) is 2.71. The van der Waals surface area contributed by atoms with E-state index >= 15 is 0 Å². The van der Waals surface area contributed by atoms with E-state index < -0.39 is 17.6 Å². The van der Waals surface area contributed by atoms with Crippen molar-refractivity contribution >= 4 is 28.5 Å². The monoisotopic (exact) mass is 381 g/mol. The molecule has 1 aromatic carbocycles. The summed E-state index contributed by atoms with van der Waals surface area (Å²) in [6.07, 6.45) is -4.78. The fraction of sp³-hybridized carbons (Fsp3) is 0.308. The summed E-state index contributed by atoms with van der Waals surface area (Å²) in [6, 6.07) is 2.61. The second-order valence-corrected chi connectivity index (χ2v) is 6.34. The number of aromatic nitrogens is 2. The summed E-state index contributed by atoms with van der Waals surface area (Å²) in [5.74, 6) is -1.34. The second-order valence-electron chi connectivity index (χ2n) is 4.71. The molecule has 0 saturated heterocycles. The molecule has 0 bridgehead atoms. The van der Waals surface area contributed by atoms with E-state index in [4.69, 9.17) is 4.74 Å². The van der Waals surface area contributed by atoms with Gasteiger partial charge in [0.05, 0.1) is 5.56 Å². The van der Waals surface area contributed by atoms with Crippen molar-refractivity contribution in [2.45, 2.75) is 17.9 Å². The van der Waals surface area contributed by atoms with Crippen molar-refractivity contribution < 1.29 is 27.1 Å².